The van der Waals surface area contributed by atoms with Crippen LogP contribution < -0.4 is 15.8 Å². The summed E-state index contributed by atoms with van der Waals surface area (Å²) in [7, 11) is 4.95. The number of hydrogen-bond donors (Lipinski definition) is 4. The molecule has 2 aromatic carbocycles. The lowest BCUT2D eigenvalue weighted by molar-refractivity contribution is -0.378. The van der Waals surface area contributed by atoms with Gasteiger partial charge in [0.15, 0.2) is 5.76 Å². The van der Waals surface area contributed by atoms with Crippen LogP contribution in [-0.4, -0.2) is 68.9 Å². The van der Waals surface area contributed by atoms with E-state index in [2.05, 4.69) is 22.3 Å². The fourth-order valence-electron chi connectivity index (χ4n) is 4.97. The number of furan rings is 1. The monoisotopic (exact) mass is 561 g/mol. The molecular formula is C31H41N6O4+. The lowest BCUT2D eigenvalue weighted by Gasteiger charge is -2.29. The topological polar surface area (TPSA) is 133 Å². The Kier molecular flexibility index (Phi) is 11.9. The lowest BCUT2D eigenvalue weighted by Crippen LogP contribution is -2.56. The zero-order valence-electron chi connectivity index (χ0n) is 24.3. The van der Waals surface area contributed by atoms with Crippen molar-refractivity contribution in [1.82, 2.24) is 15.5 Å². The summed E-state index contributed by atoms with van der Waals surface area (Å²) in [4.78, 5) is 35.0. The predicted octanol–water partition coefficient (Wildman–Crippen LogP) is 3.52. The minimum Gasteiger partial charge on any atom is -0.451 e. The number of nitroso groups, excluding NO2 is 1. The van der Waals surface area contributed by atoms with Gasteiger partial charge in [0.05, 0.1) is 17.9 Å². The van der Waals surface area contributed by atoms with E-state index < -0.39 is 0 Å². The first-order chi connectivity index (χ1) is 19.9. The van der Waals surface area contributed by atoms with E-state index in [1.807, 2.05) is 67.5 Å². The minimum atomic E-state index is -0.245. The smallest absolute Gasteiger partial charge is 0.287 e. The van der Waals surface area contributed by atoms with Gasteiger partial charge >= 0.3 is 0 Å². The summed E-state index contributed by atoms with van der Waals surface area (Å²) in [5.74, 6) is 1.76. The second-order valence-corrected chi connectivity index (χ2v) is 10.2. The second-order valence-electron chi connectivity index (χ2n) is 10.2. The van der Waals surface area contributed by atoms with Crippen molar-refractivity contribution in [3.8, 4) is 11.3 Å². The van der Waals surface area contributed by atoms with Gasteiger partial charge < -0.3 is 19.7 Å². The molecule has 1 amide bonds. The number of nitrogens with one attached hydrogen (secondary N) is 3. The number of carbonyl (C=O) groups is 1. The summed E-state index contributed by atoms with van der Waals surface area (Å²) in [6, 6.07) is 17.1. The molecule has 1 heterocycles. The number of amidine groups is 1. The molecule has 4 N–H and O–H groups in total. The molecule has 1 aliphatic rings. The van der Waals surface area contributed by atoms with Crippen LogP contribution in [0.1, 0.15) is 47.4 Å². The highest BCUT2D eigenvalue weighted by Gasteiger charge is 2.23. The van der Waals surface area contributed by atoms with Crippen molar-refractivity contribution in [2.45, 2.75) is 38.6 Å². The van der Waals surface area contributed by atoms with Crippen LogP contribution in [0.25, 0.3) is 11.3 Å². The van der Waals surface area contributed by atoms with E-state index in [1.54, 1.807) is 18.2 Å². The van der Waals surface area contributed by atoms with E-state index in [4.69, 9.17) is 14.5 Å². The maximum Gasteiger partial charge on any atom is 0.287 e. The van der Waals surface area contributed by atoms with Gasteiger partial charge in [-0.05, 0) is 81.1 Å². The molecule has 1 aromatic heterocycles. The van der Waals surface area contributed by atoms with Crippen LogP contribution in [0, 0.1) is 17.7 Å². The molecule has 1 saturated carbocycles. The number of amides is 1. The van der Waals surface area contributed by atoms with E-state index in [0.717, 1.165) is 55.4 Å². The Bertz CT molecular complexity index is 1340. The Hall–Kier alpha value is -4.15. The van der Waals surface area contributed by atoms with Crippen LogP contribution in [0.4, 0.5) is 11.4 Å². The van der Waals surface area contributed by atoms with Crippen LogP contribution >= 0.6 is 0 Å². The molecule has 4 rings (SSSR count). The van der Waals surface area contributed by atoms with Crippen molar-refractivity contribution in [2.75, 3.05) is 34.4 Å². The highest BCUT2D eigenvalue weighted by Crippen LogP contribution is 2.28. The molecule has 0 spiro atoms. The molecule has 0 aliphatic heterocycles. The van der Waals surface area contributed by atoms with Crippen molar-refractivity contribution >= 4 is 29.8 Å². The van der Waals surface area contributed by atoms with Crippen LogP contribution in [-0.2, 0) is 0 Å². The number of aliphatic imine (C=N–C) groups is 2. The summed E-state index contributed by atoms with van der Waals surface area (Å²) in [5.41, 5.74) is 3.79. The summed E-state index contributed by atoms with van der Waals surface area (Å²) in [6.45, 7) is 6.72. The minimum absolute atomic E-state index is 0.237. The highest BCUT2D eigenvalue weighted by atomic mass is 16.4. The molecule has 41 heavy (non-hydrogen) atoms. The number of hydrogen-bond acceptors (Lipinski definition) is 7. The quantitative estimate of drug-likeness (QED) is 0.221. The molecule has 0 bridgehead atoms. The molecule has 1 aliphatic carbocycles. The van der Waals surface area contributed by atoms with E-state index in [0.29, 0.717) is 42.2 Å². The third-order valence-electron chi connectivity index (χ3n) is 7.13. The zero-order chi connectivity index (χ0) is 29.8. The van der Waals surface area contributed by atoms with Crippen molar-refractivity contribution in [3.63, 3.8) is 0 Å². The first-order valence-corrected chi connectivity index (χ1v) is 13.7. The molecule has 0 atom stereocenters. The summed E-state index contributed by atoms with van der Waals surface area (Å²) in [6.07, 6.45) is 4.11. The van der Waals surface area contributed by atoms with Gasteiger partial charge in [-0.25, -0.2) is 0 Å². The molecule has 3 aromatic rings. The summed E-state index contributed by atoms with van der Waals surface area (Å²) < 4.78 is 5.77. The molecule has 0 unspecified atom stereocenters. The number of aryl methyl sites for hydroxylation is 1. The molecule has 10 heteroatoms. The molecule has 10 nitrogen and oxygen atoms in total. The van der Waals surface area contributed by atoms with Gasteiger partial charge in [-0.1, -0.05) is 18.2 Å². The number of aliphatic hydroxyl groups excluding tert-OH is 1. The number of benzene rings is 2. The van der Waals surface area contributed by atoms with Gasteiger partial charge in [0, 0.05) is 55.5 Å². The number of para-hydroxylation sites is 1. The van der Waals surface area contributed by atoms with E-state index >= 15 is 0 Å². The fraction of sp³-hybridized carbons (Fsp3) is 0.387. The normalized spacial score (nSPS) is 16.8. The van der Waals surface area contributed by atoms with Crippen molar-refractivity contribution in [2.24, 2.45) is 15.9 Å². The first kappa shape index (κ1) is 31.4. The van der Waals surface area contributed by atoms with Crippen molar-refractivity contribution in [3.05, 3.63) is 76.4 Å². The van der Waals surface area contributed by atoms with Gasteiger partial charge in [-0.15, -0.1) is 0 Å². The van der Waals surface area contributed by atoms with Gasteiger partial charge in [0.1, 0.15) is 11.6 Å². The Morgan fingerprint density at radius 1 is 1.10 bits per heavy atom. The predicted molar refractivity (Wildman–Crippen MR) is 163 cm³/mol. The van der Waals surface area contributed by atoms with Crippen LogP contribution in [0.15, 0.2) is 69.0 Å². The Labute approximate surface area is 241 Å². The second kappa shape index (κ2) is 15.6. The average molecular weight is 562 g/mol. The SMILES string of the molecule is C=Nc1ccccc1/C(=N\CNC1CCC(CNC(=O)c2ccc(-c3ccc(C)cc3[NH+]=O)o2)CC1)N(C)C.CO. The third-order valence-corrected chi connectivity index (χ3v) is 7.13. The van der Waals surface area contributed by atoms with Gasteiger partial charge in [-0.3, -0.25) is 20.1 Å². The lowest BCUT2D eigenvalue weighted by atomic mass is 9.86. The van der Waals surface area contributed by atoms with Crippen molar-refractivity contribution < 1.29 is 19.5 Å². The maximum atomic E-state index is 12.7. The third kappa shape index (κ3) is 8.42. The van der Waals surface area contributed by atoms with Gasteiger partial charge in [-0.2, -0.15) is 0 Å². The van der Waals surface area contributed by atoms with Crippen LogP contribution in [0.5, 0.6) is 0 Å². The fourth-order valence-corrected chi connectivity index (χ4v) is 4.97. The summed E-state index contributed by atoms with van der Waals surface area (Å²) >= 11 is 0. The number of carbonyl (C=O) groups excluding carboxylic acids is 1. The number of nitrogens with zero attached hydrogens (tertiary/aromatic N) is 3. The van der Waals surface area contributed by atoms with Gasteiger partial charge in [0.2, 0.25) is 0 Å². The number of aliphatic hydroxyl groups is 1. The molecule has 218 valence electrons. The van der Waals surface area contributed by atoms with E-state index in [1.165, 1.54) is 0 Å². The number of rotatable bonds is 10. The Morgan fingerprint density at radius 3 is 2.51 bits per heavy atom. The standard InChI is InChI=1S/C30H36N6O3.CH4O/c1-20-9-14-23(26(17-20)35-38)27-15-16-28(39-27)30(37)32-18-21-10-12-22(13-11-21)33-19-34-29(36(3)4)24-7-5-6-8-25(24)31-2;1-2/h5-9,14-17,21-22,33H,2,10-13,18-19H2,1,3-4H3,(H,32,37);2H,1H3/p+1/b34-29+;. The van der Waals surface area contributed by atoms with E-state index in [9.17, 15) is 9.70 Å². The van der Waals surface area contributed by atoms with Gasteiger partial charge in [0.25, 0.3) is 11.6 Å². The van der Waals surface area contributed by atoms with Crippen LogP contribution in [0.3, 0.4) is 0 Å². The summed E-state index contributed by atoms with van der Waals surface area (Å²) in [5, 5.41) is 15.5. The van der Waals surface area contributed by atoms with E-state index in [-0.39, 0.29) is 11.7 Å². The Balaban J connectivity index is 0.00000226. The average Bonchev–Trinajstić information content (AvgIpc) is 3.50. The maximum absolute atomic E-state index is 12.7. The molecular weight excluding hydrogens is 520 g/mol. The zero-order valence-corrected chi connectivity index (χ0v) is 24.3. The van der Waals surface area contributed by atoms with Crippen LogP contribution in [0.2, 0.25) is 0 Å². The first-order valence-electron chi connectivity index (χ1n) is 13.7. The van der Waals surface area contributed by atoms with Crippen molar-refractivity contribution in [1.29, 1.82) is 0 Å². The molecule has 1 fully saturated rings. The highest BCUT2D eigenvalue weighted by molar-refractivity contribution is 6.02. The Morgan fingerprint density at radius 2 is 1.83 bits per heavy atom. The molecule has 0 radical (unpaired) electrons. The largest absolute Gasteiger partial charge is 0.451 e. The molecule has 0 saturated heterocycles.